The van der Waals surface area contributed by atoms with Crippen molar-refractivity contribution in [2.45, 2.75) is 6.54 Å². The Morgan fingerprint density at radius 3 is 2.92 bits per heavy atom. The number of nitrogens with zero attached hydrogens (tertiary/aromatic N) is 5. The van der Waals surface area contributed by atoms with Gasteiger partial charge in [0.2, 0.25) is 0 Å². The minimum Gasteiger partial charge on any atom is -0.378 e. The fourth-order valence-corrected chi connectivity index (χ4v) is 2.98. The zero-order valence-corrected chi connectivity index (χ0v) is 14.6. The Morgan fingerprint density at radius 2 is 2.08 bits per heavy atom. The van der Waals surface area contributed by atoms with Crippen molar-refractivity contribution in [2.24, 2.45) is 7.05 Å². The Morgan fingerprint density at radius 1 is 1.23 bits per heavy atom. The number of fused-ring (bicyclic) bond motifs is 1. The molecule has 0 unspecified atom stereocenters. The summed E-state index contributed by atoms with van der Waals surface area (Å²) in [6, 6.07) is 11.2. The minimum atomic E-state index is -0.147. The number of aromatic nitrogens is 4. The fourth-order valence-electron chi connectivity index (χ4n) is 2.98. The Kier molecular flexibility index (Phi) is 4.49. The molecule has 0 atom stereocenters. The van der Waals surface area contributed by atoms with Crippen LogP contribution in [-0.4, -0.2) is 52.2 Å². The first-order valence-electron chi connectivity index (χ1n) is 8.57. The normalized spacial score (nSPS) is 14.6. The van der Waals surface area contributed by atoms with E-state index in [0.717, 1.165) is 35.6 Å². The number of aryl methyl sites for hydroxylation is 1. The third kappa shape index (κ3) is 3.36. The van der Waals surface area contributed by atoms with Crippen molar-refractivity contribution >= 4 is 22.8 Å². The van der Waals surface area contributed by atoms with Crippen LogP contribution in [0.3, 0.4) is 0 Å². The summed E-state index contributed by atoms with van der Waals surface area (Å²) in [6.45, 7) is 3.48. The number of carbonyl (C=O) groups excluding carboxylic acids is 1. The van der Waals surface area contributed by atoms with Gasteiger partial charge in [0, 0.05) is 25.7 Å². The number of carbonyl (C=O) groups is 1. The number of benzene rings is 1. The monoisotopic (exact) mass is 352 g/mol. The van der Waals surface area contributed by atoms with Crippen LogP contribution in [0.5, 0.6) is 0 Å². The standard InChI is InChI=1S/C18H20N6O2/c1-23-16-11-13(5-6-15(16)21-22-23)18(25)19-12-14-3-2-4-17(20-14)24-7-9-26-10-8-24/h2-6,11H,7-10,12H2,1H3,(H,19,25). The maximum absolute atomic E-state index is 12.5. The van der Waals surface area contributed by atoms with Gasteiger partial charge in [-0.25, -0.2) is 9.67 Å². The zero-order chi connectivity index (χ0) is 17.9. The molecule has 1 N–H and O–H groups in total. The van der Waals surface area contributed by atoms with Crippen molar-refractivity contribution in [3.63, 3.8) is 0 Å². The van der Waals surface area contributed by atoms with Crippen LogP contribution < -0.4 is 10.2 Å². The van der Waals surface area contributed by atoms with Crippen LogP contribution in [0.4, 0.5) is 5.82 Å². The van der Waals surface area contributed by atoms with Crippen molar-refractivity contribution in [3.05, 3.63) is 47.7 Å². The lowest BCUT2D eigenvalue weighted by Gasteiger charge is -2.28. The largest absolute Gasteiger partial charge is 0.378 e. The van der Waals surface area contributed by atoms with E-state index in [0.29, 0.717) is 25.3 Å². The van der Waals surface area contributed by atoms with Gasteiger partial charge in [-0.3, -0.25) is 4.79 Å². The SMILES string of the molecule is Cn1nnc2ccc(C(=O)NCc3cccc(N4CCOCC4)n3)cc21. The molecule has 4 rings (SSSR count). The van der Waals surface area contributed by atoms with Gasteiger partial charge in [0.15, 0.2) is 0 Å². The van der Waals surface area contributed by atoms with Crippen molar-refractivity contribution in [2.75, 3.05) is 31.2 Å². The van der Waals surface area contributed by atoms with Gasteiger partial charge in [-0.15, -0.1) is 5.10 Å². The molecular formula is C18H20N6O2. The number of pyridine rings is 1. The number of rotatable bonds is 4. The second-order valence-electron chi connectivity index (χ2n) is 6.19. The summed E-state index contributed by atoms with van der Waals surface area (Å²) in [5.41, 5.74) is 2.99. The quantitative estimate of drug-likeness (QED) is 0.758. The van der Waals surface area contributed by atoms with Gasteiger partial charge in [0.1, 0.15) is 11.3 Å². The predicted molar refractivity (Wildman–Crippen MR) is 96.9 cm³/mol. The summed E-state index contributed by atoms with van der Waals surface area (Å²) in [5.74, 6) is 0.772. The first-order valence-corrected chi connectivity index (χ1v) is 8.57. The lowest BCUT2D eigenvalue weighted by Crippen LogP contribution is -2.37. The number of hydrogen-bond donors (Lipinski definition) is 1. The van der Waals surface area contributed by atoms with Crippen LogP contribution in [0.1, 0.15) is 16.1 Å². The van der Waals surface area contributed by atoms with Gasteiger partial charge >= 0.3 is 0 Å². The number of nitrogens with one attached hydrogen (secondary N) is 1. The Bertz CT molecular complexity index is 932. The molecule has 3 heterocycles. The number of anilines is 1. The summed E-state index contributed by atoms with van der Waals surface area (Å²) in [6.07, 6.45) is 0. The molecule has 134 valence electrons. The Labute approximate surface area is 150 Å². The molecule has 0 bridgehead atoms. The highest BCUT2D eigenvalue weighted by Gasteiger charge is 2.13. The van der Waals surface area contributed by atoms with Gasteiger partial charge in [0.25, 0.3) is 5.91 Å². The molecule has 8 nitrogen and oxygen atoms in total. The summed E-state index contributed by atoms with van der Waals surface area (Å²) in [7, 11) is 1.80. The van der Waals surface area contributed by atoms with Gasteiger partial charge in [0.05, 0.1) is 31.0 Å². The van der Waals surface area contributed by atoms with Gasteiger partial charge in [-0.05, 0) is 30.3 Å². The van der Waals surface area contributed by atoms with Crippen LogP contribution in [0.2, 0.25) is 0 Å². The van der Waals surface area contributed by atoms with E-state index < -0.39 is 0 Å². The highest BCUT2D eigenvalue weighted by atomic mass is 16.5. The summed E-state index contributed by atoms with van der Waals surface area (Å²) < 4.78 is 7.03. The average molecular weight is 352 g/mol. The molecule has 2 aromatic heterocycles. The summed E-state index contributed by atoms with van der Waals surface area (Å²) in [5, 5.41) is 10.9. The molecule has 0 radical (unpaired) electrons. The molecule has 1 aliphatic heterocycles. The first kappa shape index (κ1) is 16.5. The third-order valence-corrected chi connectivity index (χ3v) is 4.43. The van der Waals surface area contributed by atoms with E-state index in [2.05, 4.69) is 25.5 Å². The van der Waals surface area contributed by atoms with E-state index in [9.17, 15) is 4.79 Å². The molecule has 1 saturated heterocycles. The Balaban J connectivity index is 1.44. The molecule has 1 amide bonds. The lowest BCUT2D eigenvalue weighted by atomic mass is 10.2. The molecule has 1 fully saturated rings. The molecule has 0 aliphatic carbocycles. The van der Waals surface area contributed by atoms with Crippen LogP contribution >= 0.6 is 0 Å². The van der Waals surface area contributed by atoms with Crippen LogP contribution in [0.15, 0.2) is 36.4 Å². The maximum Gasteiger partial charge on any atom is 0.251 e. The van der Waals surface area contributed by atoms with Crippen LogP contribution in [-0.2, 0) is 18.3 Å². The second kappa shape index (κ2) is 7.09. The number of amides is 1. The van der Waals surface area contributed by atoms with E-state index in [1.54, 1.807) is 29.9 Å². The molecule has 0 spiro atoms. The topological polar surface area (TPSA) is 85.2 Å². The zero-order valence-electron chi connectivity index (χ0n) is 14.6. The smallest absolute Gasteiger partial charge is 0.251 e. The lowest BCUT2D eigenvalue weighted by molar-refractivity contribution is 0.0950. The fraction of sp³-hybridized carbons (Fsp3) is 0.333. The molecular weight excluding hydrogens is 332 g/mol. The highest BCUT2D eigenvalue weighted by molar-refractivity contribution is 5.97. The van der Waals surface area contributed by atoms with Crippen molar-refractivity contribution < 1.29 is 9.53 Å². The number of morpholine rings is 1. The van der Waals surface area contributed by atoms with Crippen LogP contribution in [0, 0.1) is 0 Å². The highest BCUT2D eigenvalue weighted by Crippen LogP contribution is 2.14. The molecule has 1 aliphatic rings. The van der Waals surface area contributed by atoms with E-state index in [-0.39, 0.29) is 5.91 Å². The minimum absolute atomic E-state index is 0.147. The van der Waals surface area contributed by atoms with E-state index in [1.165, 1.54) is 0 Å². The van der Waals surface area contributed by atoms with E-state index >= 15 is 0 Å². The van der Waals surface area contributed by atoms with Crippen molar-refractivity contribution in [3.8, 4) is 0 Å². The second-order valence-corrected chi connectivity index (χ2v) is 6.19. The van der Waals surface area contributed by atoms with Crippen molar-refractivity contribution in [1.29, 1.82) is 0 Å². The van der Waals surface area contributed by atoms with Crippen LogP contribution in [0.25, 0.3) is 11.0 Å². The Hall–Kier alpha value is -3.00. The third-order valence-electron chi connectivity index (χ3n) is 4.43. The van der Waals surface area contributed by atoms with Gasteiger partial charge < -0.3 is 15.0 Å². The maximum atomic E-state index is 12.5. The van der Waals surface area contributed by atoms with Gasteiger partial charge in [-0.2, -0.15) is 0 Å². The van der Waals surface area contributed by atoms with Gasteiger partial charge in [-0.1, -0.05) is 11.3 Å². The summed E-state index contributed by atoms with van der Waals surface area (Å²) >= 11 is 0. The number of ether oxygens (including phenoxy) is 1. The molecule has 0 saturated carbocycles. The molecule has 1 aromatic carbocycles. The first-order chi connectivity index (χ1) is 12.7. The average Bonchev–Trinajstić information content (AvgIpc) is 3.07. The van der Waals surface area contributed by atoms with E-state index in [1.807, 2.05) is 18.2 Å². The van der Waals surface area contributed by atoms with Crippen molar-refractivity contribution in [1.82, 2.24) is 25.3 Å². The molecule has 3 aromatic rings. The van der Waals surface area contributed by atoms with E-state index in [4.69, 9.17) is 4.74 Å². The predicted octanol–water partition coefficient (Wildman–Crippen LogP) is 1.13. The molecule has 8 heteroatoms. The molecule has 26 heavy (non-hydrogen) atoms. The summed E-state index contributed by atoms with van der Waals surface area (Å²) in [4.78, 5) is 19.3. The number of hydrogen-bond acceptors (Lipinski definition) is 6.